The van der Waals surface area contributed by atoms with Crippen LogP contribution in [0.3, 0.4) is 0 Å². The predicted molar refractivity (Wildman–Crippen MR) is 62.0 cm³/mol. The van der Waals surface area contributed by atoms with E-state index in [0.29, 0.717) is 0 Å². The van der Waals surface area contributed by atoms with Gasteiger partial charge in [0.1, 0.15) is 17.7 Å². The van der Waals surface area contributed by atoms with Crippen molar-refractivity contribution in [3.05, 3.63) is 48.4 Å². The van der Waals surface area contributed by atoms with E-state index in [0.717, 1.165) is 28.5 Å². The van der Waals surface area contributed by atoms with E-state index < -0.39 is 0 Å². The summed E-state index contributed by atoms with van der Waals surface area (Å²) in [5.41, 5.74) is 3.82. The van der Waals surface area contributed by atoms with E-state index in [9.17, 15) is 0 Å². The van der Waals surface area contributed by atoms with Gasteiger partial charge in [-0.05, 0) is 13.0 Å². The molecule has 3 heteroatoms. The summed E-state index contributed by atoms with van der Waals surface area (Å²) in [5, 5.41) is 0. The van der Waals surface area contributed by atoms with E-state index >= 15 is 0 Å². The lowest BCUT2D eigenvalue weighted by molar-refractivity contribution is 1.04. The van der Waals surface area contributed by atoms with Gasteiger partial charge in [-0.2, -0.15) is 0 Å². The minimum absolute atomic E-state index is 0.782. The molecule has 0 saturated carbocycles. The van der Waals surface area contributed by atoms with Crippen molar-refractivity contribution < 1.29 is 0 Å². The highest BCUT2D eigenvalue weighted by molar-refractivity contribution is 5.70. The molecule has 0 aromatic heterocycles. The van der Waals surface area contributed by atoms with E-state index in [-0.39, 0.29) is 0 Å². The zero-order valence-corrected chi connectivity index (χ0v) is 8.86. The Bertz CT molecular complexity index is 584. The summed E-state index contributed by atoms with van der Waals surface area (Å²) < 4.78 is 0. The second kappa shape index (κ2) is 3.45. The third-order valence-electron chi connectivity index (χ3n) is 2.48. The maximum atomic E-state index is 4.47. The molecule has 1 N–H and O–H groups in total. The maximum Gasteiger partial charge on any atom is 0.121 e. The Morgan fingerprint density at radius 1 is 1.19 bits per heavy atom. The van der Waals surface area contributed by atoms with Gasteiger partial charge in [0.05, 0.1) is 11.4 Å². The zero-order chi connectivity index (χ0) is 11.0. The van der Waals surface area contributed by atoms with Crippen LogP contribution in [0.4, 0.5) is 0 Å². The third kappa shape index (κ3) is 1.46. The molecule has 1 aromatic rings. The Kier molecular flexibility index (Phi) is 1.96. The van der Waals surface area contributed by atoms with Crippen LogP contribution in [0, 0.1) is 13.1 Å². The normalized spacial score (nSPS) is 10.8. The number of rotatable bonds is 1. The largest absolute Gasteiger partial charge is 0.342 e. The average Bonchev–Trinajstić information content (AvgIpc) is 2.73. The number of hydrogen-bond acceptors (Lipinski definition) is 2. The molecule has 3 rings (SSSR count). The molecule has 0 unspecified atom stereocenters. The topological polar surface area (TPSA) is 41.6 Å². The highest BCUT2D eigenvalue weighted by Gasteiger charge is 2.10. The van der Waals surface area contributed by atoms with E-state index in [4.69, 9.17) is 0 Å². The molecule has 0 bridgehead atoms. The lowest BCUT2D eigenvalue weighted by Crippen LogP contribution is -1.90. The summed E-state index contributed by atoms with van der Waals surface area (Å²) >= 11 is 0. The minimum Gasteiger partial charge on any atom is -0.342 e. The minimum atomic E-state index is 0.782. The average molecular weight is 208 g/mol. The molecule has 1 aromatic carbocycles. The van der Waals surface area contributed by atoms with Gasteiger partial charge in [0.2, 0.25) is 0 Å². The SMILES string of the molecule is Cc1n[c]c2nc(-c3ccccc3)cc-2[nH]1. The number of nitrogens with one attached hydrogen (secondary N) is 1. The van der Waals surface area contributed by atoms with Crippen LogP contribution < -0.4 is 0 Å². The van der Waals surface area contributed by atoms with E-state index in [2.05, 4.69) is 21.1 Å². The Morgan fingerprint density at radius 2 is 2.00 bits per heavy atom. The van der Waals surface area contributed by atoms with Crippen LogP contribution in [0.15, 0.2) is 36.4 Å². The molecule has 3 nitrogen and oxygen atoms in total. The molecule has 0 amide bonds. The van der Waals surface area contributed by atoms with Crippen LogP contribution in [0.5, 0.6) is 0 Å². The molecule has 2 heterocycles. The Labute approximate surface area is 93.5 Å². The van der Waals surface area contributed by atoms with E-state index in [1.165, 1.54) is 0 Å². The summed E-state index contributed by atoms with van der Waals surface area (Å²) in [6, 6.07) is 12.1. The number of hydrogen-bond donors (Lipinski definition) is 1. The molecule has 0 aliphatic carbocycles. The molecule has 77 valence electrons. The lowest BCUT2D eigenvalue weighted by atomic mass is 10.1. The predicted octanol–water partition coefficient (Wildman–Crippen LogP) is 2.69. The fourth-order valence-electron chi connectivity index (χ4n) is 1.71. The number of aryl methyl sites for hydroxylation is 1. The van der Waals surface area contributed by atoms with Crippen molar-refractivity contribution in [2.24, 2.45) is 0 Å². The van der Waals surface area contributed by atoms with Crippen molar-refractivity contribution in [2.45, 2.75) is 6.92 Å². The fourth-order valence-corrected chi connectivity index (χ4v) is 1.71. The first kappa shape index (κ1) is 9.09. The first-order chi connectivity index (χ1) is 7.83. The van der Waals surface area contributed by atoms with Gasteiger partial charge in [0.25, 0.3) is 0 Å². The van der Waals surface area contributed by atoms with Crippen molar-refractivity contribution in [1.82, 2.24) is 15.0 Å². The summed E-state index contributed by atoms with van der Waals surface area (Å²) in [4.78, 5) is 11.7. The number of benzene rings is 1. The monoisotopic (exact) mass is 208 g/mol. The van der Waals surface area contributed by atoms with Crippen LogP contribution in [-0.4, -0.2) is 15.0 Å². The van der Waals surface area contributed by atoms with Gasteiger partial charge in [-0.15, -0.1) is 0 Å². The first-order valence-electron chi connectivity index (χ1n) is 5.13. The molecule has 0 spiro atoms. The standard InChI is InChI=1S/C13H10N3/c1-9-14-8-13-12(15-9)7-11(16-13)10-5-3-2-4-6-10/h2-7H,1H3,(H,14,15). The van der Waals surface area contributed by atoms with Gasteiger partial charge in [0.15, 0.2) is 0 Å². The Hall–Kier alpha value is -2.16. The highest BCUT2D eigenvalue weighted by atomic mass is 14.9. The van der Waals surface area contributed by atoms with Gasteiger partial charge in [0, 0.05) is 5.56 Å². The van der Waals surface area contributed by atoms with Crippen molar-refractivity contribution in [3.8, 4) is 22.6 Å². The number of H-pyrrole nitrogens is 1. The molecule has 0 saturated heterocycles. The van der Waals surface area contributed by atoms with Crippen molar-refractivity contribution in [3.63, 3.8) is 0 Å². The van der Waals surface area contributed by atoms with E-state index in [1.807, 2.05) is 43.3 Å². The van der Waals surface area contributed by atoms with E-state index in [1.54, 1.807) is 0 Å². The van der Waals surface area contributed by atoms with Crippen molar-refractivity contribution in [2.75, 3.05) is 0 Å². The molecular formula is C13H10N3. The molecule has 2 aliphatic heterocycles. The second-order valence-electron chi connectivity index (χ2n) is 3.70. The van der Waals surface area contributed by atoms with Gasteiger partial charge in [-0.1, -0.05) is 30.3 Å². The Morgan fingerprint density at radius 3 is 2.81 bits per heavy atom. The lowest BCUT2D eigenvalue weighted by Gasteiger charge is -1.95. The summed E-state index contributed by atoms with van der Waals surface area (Å²) in [5.74, 6) is 0.847. The summed E-state index contributed by atoms with van der Waals surface area (Å²) in [7, 11) is 0. The molecule has 0 atom stereocenters. The Balaban J connectivity index is 2.17. The van der Waals surface area contributed by atoms with Gasteiger partial charge < -0.3 is 4.98 Å². The summed E-state index contributed by atoms with van der Waals surface area (Å²) in [6.07, 6.45) is 2.92. The number of nitrogens with zero attached hydrogens (tertiary/aromatic N) is 2. The van der Waals surface area contributed by atoms with Crippen LogP contribution in [-0.2, 0) is 0 Å². The highest BCUT2D eigenvalue weighted by Crippen LogP contribution is 2.25. The number of aromatic nitrogens is 3. The number of fused-ring (bicyclic) bond motifs is 1. The first-order valence-corrected chi connectivity index (χ1v) is 5.13. The summed E-state index contributed by atoms with van der Waals surface area (Å²) in [6.45, 7) is 1.91. The molecule has 1 radical (unpaired) electrons. The van der Waals surface area contributed by atoms with Crippen LogP contribution in [0.25, 0.3) is 22.6 Å². The number of aromatic amines is 1. The van der Waals surface area contributed by atoms with Crippen LogP contribution in [0.1, 0.15) is 5.82 Å². The van der Waals surface area contributed by atoms with Crippen molar-refractivity contribution >= 4 is 0 Å². The third-order valence-corrected chi connectivity index (χ3v) is 2.48. The zero-order valence-electron chi connectivity index (χ0n) is 8.86. The van der Waals surface area contributed by atoms with Gasteiger partial charge in [-0.3, -0.25) is 0 Å². The van der Waals surface area contributed by atoms with Crippen molar-refractivity contribution in [1.29, 1.82) is 0 Å². The quantitative estimate of drug-likeness (QED) is 0.668. The smallest absolute Gasteiger partial charge is 0.121 e. The fraction of sp³-hybridized carbons (Fsp3) is 0.0769. The van der Waals surface area contributed by atoms with Gasteiger partial charge in [-0.25, -0.2) is 9.97 Å². The second-order valence-corrected chi connectivity index (χ2v) is 3.70. The molecule has 16 heavy (non-hydrogen) atoms. The van der Waals surface area contributed by atoms with Crippen LogP contribution in [0.2, 0.25) is 0 Å². The maximum absolute atomic E-state index is 4.47. The molecule has 2 aliphatic rings. The van der Waals surface area contributed by atoms with Gasteiger partial charge >= 0.3 is 0 Å². The van der Waals surface area contributed by atoms with Crippen LogP contribution >= 0.6 is 0 Å². The molecule has 0 fully saturated rings. The molecular weight excluding hydrogens is 198 g/mol.